The van der Waals surface area contributed by atoms with E-state index in [2.05, 4.69) is 5.10 Å². The van der Waals surface area contributed by atoms with E-state index in [0.29, 0.717) is 11.6 Å². The Balaban J connectivity index is 2.02. The number of nitrogens with zero attached hydrogens (tertiary/aromatic N) is 4. The number of carbonyl (C=O) groups excluding carboxylic acids is 1. The van der Waals surface area contributed by atoms with Gasteiger partial charge in [0.05, 0.1) is 5.41 Å². The standard InChI is InChI=1S/C17H20N4O2S/c1-17(2,3)16(22)23-13-21-15(24-11-18)10-20(12-19-21)9-14-7-5-4-6-8-14/h4-8,10,12H,9,13H2,1-3H3. The highest BCUT2D eigenvalue weighted by molar-refractivity contribution is 8.07. The summed E-state index contributed by atoms with van der Waals surface area (Å²) in [5.41, 5.74) is 0.555. The number of carbonyl (C=O) groups is 1. The van der Waals surface area contributed by atoms with Crippen molar-refractivity contribution < 1.29 is 9.53 Å². The van der Waals surface area contributed by atoms with E-state index in [1.165, 1.54) is 5.01 Å². The molecule has 24 heavy (non-hydrogen) atoms. The molecule has 1 aromatic carbocycles. The average molecular weight is 344 g/mol. The molecule has 0 aromatic heterocycles. The second-order valence-corrected chi connectivity index (χ2v) is 7.06. The highest BCUT2D eigenvalue weighted by atomic mass is 32.2. The summed E-state index contributed by atoms with van der Waals surface area (Å²) in [5.74, 6) is -0.314. The number of hydrogen-bond acceptors (Lipinski definition) is 7. The lowest BCUT2D eigenvalue weighted by Crippen LogP contribution is -2.32. The summed E-state index contributed by atoms with van der Waals surface area (Å²) in [6.07, 6.45) is 3.47. The monoisotopic (exact) mass is 344 g/mol. The van der Waals surface area contributed by atoms with Gasteiger partial charge < -0.3 is 9.64 Å². The van der Waals surface area contributed by atoms with Gasteiger partial charge in [-0.15, -0.1) is 0 Å². The molecule has 1 aliphatic heterocycles. The average Bonchev–Trinajstić information content (AvgIpc) is 2.54. The first-order valence-electron chi connectivity index (χ1n) is 7.46. The Bertz CT molecular complexity index is 674. The number of hydrazone groups is 1. The van der Waals surface area contributed by atoms with Crippen LogP contribution in [-0.2, 0) is 16.1 Å². The van der Waals surface area contributed by atoms with Gasteiger partial charge in [0.1, 0.15) is 16.8 Å². The van der Waals surface area contributed by atoms with Crippen LogP contribution in [0.5, 0.6) is 0 Å². The molecule has 0 saturated heterocycles. The Hall–Kier alpha value is -2.46. The largest absolute Gasteiger partial charge is 0.442 e. The Morgan fingerprint density at radius 3 is 2.67 bits per heavy atom. The van der Waals surface area contributed by atoms with Crippen LogP contribution in [0.1, 0.15) is 26.3 Å². The maximum absolute atomic E-state index is 11.9. The van der Waals surface area contributed by atoms with E-state index in [1.807, 2.05) is 46.8 Å². The van der Waals surface area contributed by atoms with Crippen LogP contribution in [0.15, 0.2) is 46.7 Å². The lowest BCUT2D eigenvalue weighted by Gasteiger charge is -2.28. The zero-order valence-electron chi connectivity index (χ0n) is 14.0. The van der Waals surface area contributed by atoms with Crippen LogP contribution in [0.25, 0.3) is 0 Å². The Labute approximate surface area is 146 Å². The summed E-state index contributed by atoms with van der Waals surface area (Å²) in [6, 6.07) is 9.96. The highest BCUT2D eigenvalue weighted by Gasteiger charge is 2.25. The minimum Gasteiger partial charge on any atom is -0.442 e. The van der Waals surface area contributed by atoms with E-state index in [1.54, 1.807) is 27.1 Å². The Kier molecular flexibility index (Phi) is 5.88. The summed E-state index contributed by atoms with van der Waals surface area (Å²) in [7, 11) is 0. The van der Waals surface area contributed by atoms with Crippen LogP contribution in [0, 0.1) is 16.1 Å². The number of thioether (sulfide) groups is 1. The summed E-state index contributed by atoms with van der Waals surface area (Å²) < 4.78 is 5.27. The fourth-order valence-corrected chi connectivity index (χ4v) is 2.35. The van der Waals surface area contributed by atoms with Crippen LogP contribution in [0.4, 0.5) is 0 Å². The summed E-state index contributed by atoms with van der Waals surface area (Å²) in [4.78, 5) is 13.8. The van der Waals surface area contributed by atoms with Crippen LogP contribution >= 0.6 is 11.8 Å². The molecule has 2 rings (SSSR count). The van der Waals surface area contributed by atoms with E-state index in [9.17, 15) is 4.79 Å². The van der Waals surface area contributed by atoms with Crippen LogP contribution in [0.2, 0.25) is 0 Å². The van der Waals surface area contributed by atoms with Crippen molar-refractivity contribution in [3.63, 3.8) is 0 Å². The van der Waals surface area contributed by atoms with Crippen molar-refractivity contribution in [3.8, 4) is 5.40 Å². The molecule has 0 fully saturated rings. The van der Waals surface area contributed by atoms with Crippen molar-refractivity contribution in [1.29, 1.82) is 5.26 Å². The van der Waals surface area contributed by atoms with Crippen molar-refractivity contribution in [2.45, 2.75) is 27.3 Å². The highest BCUT2D eigenvalue weighted by Crippen LogP contribution is 2.24. The summed E-state index contributed by atoms with van der Waals surface area (Å²) >= 11 is 0.980. The smallest absolute Gasteiger partial charge is 0.313 e. The molecule has 6 nitrogen and oxygen atoms in total. The van der Waals surface area contributed by atoms with Crippen molar-refractivity contribution in [3.05, 3.63) is 47.1 Å². The molecule has 0 radical (unpaired) electrons. The second-order valence-electron chi connectivity index (χ2n) is 6.26. The molecule has 126 valence electrons. The predicted molar refractivity (Wildman–Crippen MR) is 94.0 cm³/mol. The lowest BCUT2D eigenvalue weighted by atomic mass is 9.98. The van der Waals surface area contributed by atoms with Crippen molar-refractivity contribution in [2.75, 3.05) is 6.73 Å². The zero-order valence-corrected chi connectivity index (χ0v) is 14.8. The summed E-state index contributed by atoms with van der Waals surface area (Å²) in [6.45, 7) is 5.99. The van der Waals surface area contributed by atoms with Crippen LogP contribution in [-0.4, -0.2) is 28.9 Å². The molecule has 0 unspecified atom stereocenters. The quantitative estimate of drug-likeness (QED) is 0.603. The van der Waals surface area contributed by atoms with Gasteiger partial charge in [-0.25, -0.2) is 5.01 Å². The molecule has 1 aliphatic rings. The number of esters is 1. The molecule has 0 N–H and O–H groups in total. The fraction of sp³-hybridized carbons (Fsp3) is 0.353. The molecule has 1 heterocycles. The van der Waals surface area contributed by atoms with Crippen LogP contribution < -0.4 is 0 Å². The molecule has 1 aromatic rings. The van der Waals surface area contributed by atoms with Gasteiger partial charge in [-0.1, -0.05) is 30.3 Å². The van der Waals surface area contributed by atoms with Gasteiger partial charge >= 0.3 is 5.97 Å². The number of nitriles is 1. The van der Waals surface area contributed by atoms with Gasteiger partial charge in [-0.2, -0.15) is 10.4 Å². The molecular formula is C17H20N4O2S. The molecule has 0 atom stereocenters. The molecule has 0 bridgehead atoms. The number of rotatable bonds is 5. The number of hydrogen-bond donors (Lipinski definition) is 0. The number of benzene rings is 1. The SMILES string of the molecule is CC(C)(C)C(=O)OCN1N=CN(Cc2ccccc2)C=C1SC#N. The first-order valence-corrected chi connectivity index (χ1v) is 8.28. The van der Waals surface area contributed by atoms with E-state index in [4.69, 9.17) is 10.00 Å². The first kappa shape index (κ1) is 17.9. The van der Waals surface area contributed by atoms with Gasteiger partial charge in [-0.3, -0.25) is 4.79 Å². The topological polar surface area (TPSA) is 68.9 Å². The third-order valence-corrected chi connectivity index (χ3v) is 3.78. The molecule has 0 spiro atoms. The molecule has 0 aliphatic carbocycles. The molecule has 0 amide bonds. The molecule has 0 saturated carbocycles. The zero-order chi connectivity index (χ0) is 17.6. The Morgan fingerprint density at radius 1 is 1.33 bits per heavy atom. The maximum Gasteiger partial charge on any atom is 0.313 e. The molecular weight excluding hydrogens is 324 g/mol. The van der Waals surface area contributed by atoms with E-state index >= 15 is 0 Å². The maximum atomic E-state index is 11.9. The normalized spacial score (nSPS) is 14.2. The molecule has 7 heteroatoms. The third-order valence-electron chi connectivity index (χ3n) is 3.16. The Morgan fingerprint density at radius 2 is 2.04 bits per heavy atom. The summed E-state index contributed by atoms with van der Waals surface area (Å²) in [5, 5.41) is 17.4. The minimum atomic E-state index is -0.578. The van der Waals surface area contributed by atoms with Gasteiger partial charge in [-0.05, 0) is 26.3 Å². The van der Waals surface area contributed by atoms with Gasteiger partial charge in [0, 0.05) is 24.5 Å². The lowest BCUT2D eigenvalue weighted by molar-refractivity contribution is -0.156. The van der Waals surface area contributed by atoms with Gasteiger partial charge in [0.25, 0.3) is 0 Å². The van der Waals surface area contributed by atoms with Crippen molar-refractivity contribution in [2.24, 2.45) is 10.5 Å². The first-order chi connectivity index (χ1) is 11.4. The van der Waals surface area contributed by atoms with Gasteiger partial charge in [0.15, 0.2) is 6.73 Å². The predicted octanol–water partition coefficient (Wildman–Crippen LogP) is 3.31. The van der Waals surface area contributed by atoms with Gasteiger partial charge in [0.2, 0.25) is 0 Å². The van der Waals surface area contributed by atoms with E-state index in [0.717, 1.165) is 17.3 Å². The number of thiocyanates is 1. The van der Waals surface area contributed by atoms with E-state index < -0.39 is 5.41 Å². The van der Waals surface area contributed by atoms with Crippen molar-refractivity contribution in [1.82, 2.24) is 9.91 Å². The number of ether oxygens (including phenoxy) is 1. The van der Waals surface area contributed by atoms with Crippen molar-refractivity contribution >= 4 is 24.1 Å². The van der Waals surface area contributed by atoms with E-state index in [-0.39, 0.29) is 12.7 Å². The second kappa shape index (κ2) is 7.88. The fourth-order valence-electron chi connectivity index (χ4n) is 1.87. The minimum absolute atomic E-state index is 0.0215. The van der Waals surface area contributed by atoms with Crippen LogP contribution in [0.3, 0.4) is 0 Å². The third kappa shape index (κ3) is 5.03.